The highest BCUT2D eigenvalue weighted by Gasteiger charge is 2.26. The van der Waals surface area contributed by atoms with Gasteiger partial charge in [0.2, 0.25) is 0 Å². The predicted molar refractivity (Wildman–Crippen MR) is 230 cm³/mol. The van der Waals surface area contributed by atoms with E-state index >= 15 is 0 Å². The quantitative estimate of drug-likeness (QED) is 0.170. The third kappa shape index (κ3) is 3.33. The fourth-order valence-electron chi connectivity index (χ4n) is 8.90. The highest BCUT2D eigenvalue weighted by molar-refractivity contribution is 6.29. The number of fused-ring (bicyclic) bond motifs is 11. The summed E-state index contributed by atoms with van der Waals surface area (Å²) in [6.07, 6.45) is 9.10. The van der Waals surface area contributed by atoms with E-state index in [1.54, 1.807) is 6.33 Å². The van der Waals surface area contributed by atoms with Crippen molar-refractivity contribution in [3.8, 4) is 66.8 Å². The van der Waals surface area contributed by atoms with Crippen LogP contribution in [0.25, 0.3) is 121 Å². The average molecular weight is 685 g/mol. The average Bonchev–Trinajstić information content (AvgIpc) is 4.02. The molecule has 50 heavy (non-hydrogen) atoms. The fraction of sp³-hybridized carbons (Fsp3) is 0. The molecule has 2 aliphatic carbocycles. The van der Waals surface area contributed by atoms with E-state index in [1.807, 2.05) is 24.8 Å². The van der Waals surface area contributed by atoms with E-state index in [2.05, 4.69) is 135 Å². The van der Waals surface area contributed by atoms with Crippen LogP contribution in [0.4, 0.5) is 0 Å². The van der Waals surface area contributed by atoms with Gasteiger partial charge in [0.05, 0.1) is 12.4 Å². The molecular weight excluding hydrogens is 611 g/mol. The van der Waals surface area contributed by atoms with Crippen LogP contribution < -0.4 is 0 Å². The van der Waals surface area contributed by atoms with Crippen molar-refractivity contribution in [3.63, 3.8) is 0 Å². The normalized spacial score (nSPS) is 14.3. The molecule has 0 bridgehead atoms. The summed E-state index contributed by atoms with van der Waals surface area (Å²) in [6, 6.07) is 40.8. The van der Waals surface area contributed by atoms with Crippen LogP contribution in [-0.2, 0) is 0 Å². The summed E-state index contributed by atoms with van der Waals surface area (Å²) in [7, 11) is 0. The summed E-state index contributed by atoms with van der Waals surface area (Å²) in [5.74, 6) is 0. The SMILES string of the molecule is [2HH].[2H][2H].[2H][2H].[2H][2H].[2H][2H].[2H][2H].[2H][2H].[2H][2H].[2H][2H].[2H][2H].[2H][2H].[2H][2H].[2H][2H].c1cc2c3c(cccc3c1)-c1cc3c(cc1-2)c(-c1cncnc1)cc1c2cc4c(cc2c(-c2cnnnc2)cc31)-c1cccc2cccc-4c12. The molecule has 0 spiro atoms. The summed E-state index contributed by atoms with van der Waals surface area (Å²) >= 11 is 0. The van der Waals surface area contributed by atoms with Crippen LogP contribution in [0.5, 0.6) is 0 Å². The first-order valence-corrected chi connectivity index (χ1v) is 16.8. The molecule has 0 atom stereocenters. The van der Waals surface area contributed by atoms with Gasteiger partial charge in [-0.15, -0.1) is 10.2 Å². The van der Waals surface area contributed by atoms with Crippen LogP contribution in [0.2, 0.25) is 0 Å². The Morgan fingerprint density at radius 2 is 0.720 bits per heavy atom. The predicted octanol–water partition coefficient (Wildman–Crippen LogP) is 14.3. The van der Waals surface area contributed by atoms with Gasteiger partial charge in [-0.3, -0.25) is 0 Å². The van der Waals surface area contributed by atoms with Gasteiger partial charge in [0.25, 0.3) is 0 Å². The number of benzene rings is 8. The van der Waals surface area contributed by atoms with E-state index < -0.39 is 0 Å². The first-order chi connectivity index (χ1) is 36.8. The maximum absolute atomic E-state index is 5.00. The Bertz CT molecular complexity index is 2980. The summed E-state index contributed by atoms with van der Waals surface area (Å²) < 4.78 is 120. The van der Waals surface area contributed by atoms with Crippen LogP contribution >= 0.6 is 0 Å². The molecule has 0 N–H and O–H groups in total. The highest BCUT2D eigenvalue weighted by Crippen LogP contribution is 2.53. The van der Waals surface area contributed by atoms with E-state index in [4.69, 9.17) is 35.6 Å². The molecule has 0 unspecified atom stereocenters. The number of hydrogen-bond acceptors (Lipinski definition) is 5. The zero-order valence-corrected chi connectivity index (χ0v) is 26.5. The minimum absolute atomic E-state index is 0. The molecule has 10 aromatic rings. The van der Waals surface area contributed by atoms with E-state index in [1.165, 1.54) is 93.0 Å². The Morgan fingerprint density at radius 1 is 0.360 bits per heavy atom. The lowest BCUT2D eigenvalue weighted by Crippen LogP contribution is -1.93. The van der Waals surface area contributed by atoms with Gasteiger partial charge in [-0.2, -0.15) is 0 Å². The zero-order valence-electron chi connectivity index (χ0n) is 50.5. The van der Waals surface area contributed by atoms with Gasteiger partial charge in [0.15, 0.2) is 0 Å². The van der Waals surface area contributed by atoms with Gasteiger partial charge in [-0.25, -0.2) is 9.97 Å². The Balaban J connectivity index is 0. The molecule has 0 amide bonds. The zero-order chi connectivity index (χ0) is 56.5. The molecule has 0 saturated carbocycles. The second-order valence-corrected chi connectivity index (χ2v) is 13.4. The van der Waals surface area contributed by atoms with Crippen molar-refractivity contribution in [2.24, 2.45) is 0 Å². The van der Waals surface area contributed by atoms with Crippen LogP contribution in [-0.4, -0.2) is 25.4 Å². The fourth-order valence-corrected chi connectivity index (χ4v) is 8.90. The summed E-state index contributed by atoms with van der Waals surface area (Å²) in [6.45, 7) is 0. The van der Waals surface area contributed by atoms with Gasteiger partial charge < -0.3 is 0 Å². The van der Waals surface area contributed by atoms with E-state index in [0.717, 1.165) is 27.6 Å². The Morgan fingerprint density at radius 3 is 1.16 bits per heavy atom. The highest BCUT2D eigenvalue weighted by atomic mass is 15.3. The molecule has 5 nitrogen and oxygen atoms in total. The third-order valence-corrected chi connectivity index (χ3v) is 11.0. The van der Waals surface area contributed by atoms with Crippen molar-refractivity contribution in [1.29, 1.82) is 0 Å². The first-order valence-electron chi connectivity index (χ1n) is 28.8. The Kier molecular flexibility index (Phi) is 3.29. The molecule has 2 aliphatic rings. The molecule has 8 aromatic carbocycles. The monoisotopic (exact) mass is 685 g/mol. The minimum atomic E-state index is 0. The van der Waals surface area contributed by atoms with Crippen molar-refractivity contribution in [3.05, 3.63) is 140 Å². The molecule has 2 heterocycles. The molecule has 0 aliphatic heterocycles. The number of nitrogens with zero attached hydrogens (tertiary/aromatic N) is 5. The maximum atomic E-state index is 5.00. The van der Waals surface area contributed by atoms with Gasteiger partial charge in [-0.1, -0.05) is 72.8 Å². The lowest BCUT2D eigenvalue weighted by molar-refractivity contribution is 0.867. The maximum Gasteiger partial charge on any atom is 0.115 e. The smallest absolute Gasteiger partial charge is 0.115 e. The largest absolute Gasteiger partial charge is 0.244 e. The molecule has 0 fully saturated rings. The van der Waals surface area contributed by atoms with Crippen LogP contribution in [0, 0.1) is 0 Å². The Labute approximate surface area is 324 Å². The Hall–Kier alpha value is -6.85. The molecule has 5 heteroatoms. The number of aromatic nitrogens is 5. The van der Waals surface area contributed by atoms with Crippen LogP contribution in [0.15, 0.2) is 140 Å². The lowest BCUT2D eigenvalue weighted by Gasteiger charge is -2.18. The van der Waals surface area contributed by atoms with Crippen LogP contribution in [0.1, 0.15) is 37.1 Å². The van der Waals surface area contributed by atoms with E-state index in [-0.39, 0.29) is 1.43 Å². The molecule has 12 rings (SSSR count). The van der Waals surface area contributed by atoms with Gasteiger partial charge >= 0.3 is 0 Å². The minimum Gasteiger partial charge on any atom is -0.244 e. The molecule has 254 valence electrons. The van der Waals surface area contributed by atoms with Crippen molar-refractivity contribution in [1.82, 2.24) is 25.4 Å². The van der Waals surface area contributed by atoms with Crippen molar-refractivity contribution in [2.75, 3.05) is 0 Å². The molecule has 0 radical (unpaired) electrons. The summed E-state index contributed by atoms with van der Waals surface area (Å²) in [4.78, 5) is 8.92. The molecule has 0 saturated heterocycles. The molecular formula is C45H49N5. The second kappa shape index (κ2) is 9.40. The number of hydrogen-bond donors (Lipinski definition) is 0. The van der Waals surface area contributed by atoms with E-state index in [9.17, 15) is 0 Å². The second-order valence-electron chi connectivity index (χ2n) is 13.4. The van der Waals surface area contributed by atoms with Crippen molar-refractivity contribution < 1.29 is 37.1 Å². The molecule has 2 aromatic heterocycles. The van der Waals surface area contributed by atoms with Gasteiger partial charge in [0, 0.05) is 60.6 Å². The topological polar surface area (TPSA) is 64.5 Å². The first kappa shape index (κ1) is 17.5. The van der Waals surface area contributed by atoms with Gasteiger partial charge in [-0.05, 0) is 151 Å². The summed E-state index contributed by atoms with van der Waals surface area (Å²) in [5.41, 5.74) is 14.3. The lowest BCUT2D eigenvalue weighted by atomic mass is 9.85. The standard InChI is InChI=1S/C45H23N5.13H2/c1-5-24-7-3-11-30-36-17-42-38(15-34(36)28(9-1)44(24)30)32(26-19-46-23-47-20-26)13-40-41(42)14-33(27-21-48-50-49-22-27)39-16-35-29-10-2-6-25-8-4-12-31(45(25)29)37(35)18-43(39)40;;;;;;;;;;;;;/h1-23H;13*1H/i;12*1+1D;1+1. The van der Waals surface area contributed by atoms with Gasteiger partial charge in [0.1, 0.15) is 6.33 Å². The van der Waals surface area contributed by atoms with Crippen molar-refractivity contribution >= 4 is 53.9 Å². The van der Waals surface area contributed by atoms with Crippen molar-refractivity contribution in [2.45, 2.75) is 0 Å². The summed E-state index contributed by atoms with van der Waals surface area (Å²) in [5, 5.41) is 24.5. The van der Waals surface area contributed by atoms with Crippen LogP contribution in [0.3, 0.4) is 0 Å². The number of rotatable bonds is 2. The third-order valence-electron chi connectivity index (χ3n) is 11.0. The van der Waals surface area contributed by atoms with E-state index in [0.29, 0.717) is 0 Å².